The summed E-state index contributed by atoms with van der Waals surface area (Å²) in [7, 11) is 0. The van der Waals surface area contributed by atoms with Crippen LogP contribution in [0.5, 0.6) is 0 Å². The number of rotatable bonds is 2. The van der Waals surface area contributed by atoms with E-state index >= 15 is 0 Å². The lowest BCUT2D eigenvalue weighted by Crippen LogP contribution is -2.15. The number of nitro groups is 2. The van der Waals surface area contributed by atoms with E-state index in [1.807, 2.05) is 0 Å². The highest BCUT2D eigenvalue weighted by molar-refractivity contribution is 5.16. The number of nitrogens with zero attached hydrogens (tertiary/aromatic N) is 2. The molecule has 0 spiro atoms. The Morgan fingerprint density at radius 2 is 2.00 bits per heavy atom. The summed E-state index contributed by atoms with van der Waals surface area (Å²) >= 11 is 0. The highest BCUT2D eigenvalue weighted by Crippen LogP contribution is 2.13. The Hall–Kier alpha value is -1.92. The quantitative estimate of drug-likeness (QED) is 0.440. The van der Waals surface area contributed by atoms with Crippen LogP contribution >= 0.6 is 0 Å². The summed E-state index contributed by atoms with van der Waals surface area (Å²) in [6.07, 6.45) is 2.02. The first-order valence-electron chi connectivity index (χ1n) is 2.93. The molecule has 1 heterocycles. The summed E-state index contributed by atoms with van der Waals surface area (Å²) in [4.78, 5) is 18.8. The van der Waals surface area contributed by atoms with E-state index in [1.165, 1.54) is 0 Å². The highest BCUT2D eigenvalue weighted by Gasteiger charge is 2.29. The molecule has 0 fully saturated rings. The molecular formula is C5H4N2O5. The van der Waals surface area contributed by atoms with Gasteiger partial charge in [0, 0.05) is 0 Å². The van der Waals surface area contributed by atoms with Crippen LogP contribution in [-0.4, -0.2) is 16.5 Å². The van der Waals surface area contributed by atoms with Crippen LogP contribution in [0.25, 0.3) is 0 Å². The Labute approximate surface area is 66.2 Å². The van der Waals surface area contributed by atoms with Crippen LogP contribution in [0, 0.1) is 20.2 Å². The van der Waals surface area contributed by atoms with Gasteiger partial charge in [0.25, 0.3) is 0 Å². The second kappa shape index (κ2) is 2.99. The Morgan fingerprint density at radius 1 is 1.33 bits per heavy atom. The topological polar surface area (TPSA) is 95.5 Å². The maximum absolute atomic E-state index is 10.2. The number of ether oxygens (including phenoxy) is 1. The third kappa shape index (κ3) is 1.39. The fourth-order valence-corrected chi connectivity index (χ4v) is 0.722. The van der Waals surface area contributed by atoms with Gasteiger partial charge in [0.2, 0.25) is 0 Å². The summed E-state index contributed by atoms with van der Waals surface area (Å²) in [5, 5.41) is 20.4. The van der Waals surface area contributed by atoms with E-state index in [0.29, 0.717) is 0 Å². The molecule has 0 radical (unpaired) electrons. The van der Waals surface area contributed by atoms with Gasteiger partial charge in [-0.3, -0.25) is 20.2 Å². The second-order valence-electron chi connectivity index (χ2n) is 1.96. The molecule has 1 aliphatic heterocycles. The molecule has 0 aromatic heterocycles. The Balaban J connectivity index is 3.08. The van der Waals surface area contributed by atoms with Gasteiger partial charge >= 0.3 is 11.4 Å². The van der Waals surface area contributed by atoms with Crippen molar-refractivity contribution < 1.29 is 14.6 Å². The SMILES string of the molecule is O=[N+]([O-])C1=C([N+](=O)[O-])COC=C1. The van der Waals surface area contributed by atoms with Crippen molar-refractivity contribution in [2.45, 2.75) is 0 Å². The van der Waals surface area contributed by atoms with Crippen molar-refractivity contribution in [2.75, 3.05) is 6.61 Å². The lowest BCUT2D eigenvalue weighted by molar-refractivity contribution is -0.472. The predicted molar refractivity (Wildman–Crippen MR) is 36.1 cm³/mol. The van der Waals surface area contributed by atoms with Crippen LogP contribution in [0.2, 0.25) is 0 Å². The minimum Gasteiger partial charge on any atom is -0.489 e. The number of hydrogen-bond donors (Lipinski definition) is 0. The molecule has 0 saturated carbocycles. The normalized spacial score (nSPS) is 15.7. The third-order valence-corrected chi connectivity index (χ3v) is 1.25. The molecule has 0 unspecified atom stereocenters. The molecule has 0 aliphatic carbocycles. The molecule has 12 heavy (non-hydrogen) atoms. The van der Waals surface area contributed by atoms with E-state index in [-0.39, 0.29) is 6.61 Å². The van der Waals surface area contributed by atoms with E-state index in [9.17, 15) is 20.2 Å². The molecule has 0 amide bonds. The smallest absolute Gasteiger partial charge is 0.359 e. The van der Waals surface area contributed by atoms with Gasteiger partial charge in [0.15, 0.2) is 6.61 Å². The van der Waals surface area contributed by atoms with E-state index < -0.39 is 21.2 Å². The summed E-state index contributed by atoms with van der Waals surface area (Å²) in [6, 6.07) is 0. The minimum atomic E-state index is -0.818. The molecule has 0 N–H and O–H groups in total. The van der Waals surface area contributed by atoms with Gasteiger partial charge in [-0.2, -0.15) is 0 Å². The Kier molecular flexibility index (Phi) is 2.04. The van der Waals surface area contributed by atoms with Crippen LogP contribution in [0.1, 0.15) is 0 Å². The zero-order valence-corrected chi connectivity index (χ0v) is 5.80. The van der Waals surface area contributed by atoms with Crippen LogP contribution in [0.3, 0.4) is 0 Å². The van der Waals surface area contributed by atoms with Crippen molar-refractivity contribution in [1.82, 2.24) is 0 Å². The van der Waals surface area contributed by atoms with Crippen LogP contribution in [0.15, 0.2) is 23.7 Å². The molecule has 0 aromatic carbocycles. The molecule has 0 atom stereocenters. The molecule has 0 bridgehead atoms. The standard InChI is InChI=1S/C5H4N2O5/c8-6(9)4-1-2-12-3-5(4)7(10)11/h1-2H,3H2. The van der Waals surface area contributed by atoms with Gasteiger partial charge in [-0.25, -0.2) is 0 Å². The van der Waals surface area contributed by atoms with Gasteiger partial charge in [0.1, 0.15) is 0 Å². The summed E-state index contributed by atoms with van der Waals surface area (Å²) in [6.45, 7) is -0.361. The number of allylic oxidation sites excluding steroid dienone is 1. The van der Waals surface area contributed by atoms with Gasteiger partial charge in [-0.15, -0.1) is 0 Å². The first-order chi connectivity index (χ1) is 5.63. The summed E-state index contributed by atoms with van der Waals surface area (Å²) in [5.41, 5.74) is -1.05. The maximum Gasteiger partial charge on any atom is 0.359 e. The lowest BCUT2D eigenvalue weighted by Gasteiger charge is -2.02. The first-order valence-corrected chi connectivity index (χ1v) is 2.93. The lowest BCUT2D eigenvalue weighted by atomic mass is 10.3. The largest absolute Gasteiger partial charge is 0.489 e. The van der Waals surface area contributed by atoms with Crippen molar-refractivity contribution in [3.05, 3.63) is 44.0 Å². The van der Waals surface area contributed by atoms with Crippen LogP contribution < -0.4 is 0 Å². The van der Waals surface area contributed by atoms with Gasteiger partial charge in [0.05, 0.1) is 22.2 Å². The van der Waals surface area contributed by atoms with E-state index in [4.69, 9.17) is 0 Å². The molecule has 1 aliphatic rings. The Morgan fingerprint density at radius 3 is 2.42 bits per heavy atom. The van der Waals surface area contributed by atoms with Crippen molar-refractivity contribution in [3.8, 4) is 0 Å². The number of hydrogen-bond acceptors (Lipinski definition) is 5. The van der Waals surface area contributed by atoms with E-state index in [2.05, 4.69) is 4.74 Å². The molecule has 0 aromatic rings. The van der Waals surface area contributed by atoms with Gasteiger partial charge < -0.3 is 4.74 Å². The van der Waals surface area contributed by atoms with Crippen molar-refractivity contribution >= 4 is 0 Å². The van der Waals surface area contributed by atoms with Gasteiger partial charge in [-0.05, 0) is 0 Å². The average molecular weight is 172 g/mol. The maximum atomic E-state index is 10.2. The van der Waals surface area contributed by atoms with Crippen LogP contribution in [-0.2, 0) is 4.74 Å². The average Bonchev–Trinajstić information content (AvgIpc) is 2.04. The summed E-state index contributed by atoms with van der Waals surface area (Å²) < 4.78 is 4.54. The minimum absolute atomic E-state index is 0.361. The molecular weight excluding hydrogens is 168 g/mol. The molecule has 7 heteroatoms. The van der Waals surface area contributed by atoms with Crippen molar-refractivity contribution in [2.24, 2.45) is 0 Å². The highest BCUT2D eigenvalue weighted by atomic mass is 16.6. The monoisotopic (exact) mass is 172 g/mol. The fraction of sp³-hybridized carbons (Fsp3) is 0.200. The fourth-order valence-electron chi connectivity index (χ4n) is 0.722. The van der Waals surface area contributed by atoms with Crippen molar-refractivity contribution in [1.29, 1.82) is 0 Å². The van der Waals surface area contributed by atoms with Gasteiger partial charge in [-0.1, -0.05) is 0 Å². The molecule has 7 nitrogen and oxygen atoms in total. The first kappa shape index (κ1) is 8.18. The van der Waals surface area contributed by atoms with Crippen molar-refractivity contribution in [3.63, 3.8) is 0 Å². The molecule has 0 saturated heterocycles. The van der Waals surface area contributed by atoms with Crippen LogP contribution in [0.4, 0.5) is 0 Å². The zero-order chi connectivity index (χ0) is 9.14. The van der Waals surface area contributed by atoms with E-state index in [1.54, 1.807) is 0 Å². The molecule has 64 valence electrons. The predicted octanol–water partition coefficient (Wildman–Crippen LogP) is 0.295. The zero-order valence-electron chi connectivity index (χ0n) is 5.80. The molecule has 1 rings (SSSR count). The summed E-state index contributed by atoms with van der Waals surface area (Å²) in [5.74, 6) is 0. The third-order valence-electron chi connectivity index (χ3n) is 1.25. The van der Waals surface area contributed by atoms with E-state index in [0.717, 1.165) is 12.3 Å². The Bertz CT molecular complexity index is 292. The second-order valence-corrected chi connectivity index (χ2v) is 1.96.